The van der Waals surface area contributed by atoms with E-state index in [1.807, 2.05) is 43.3 Å². The molecule has 3 heterocycles. The summed E-state index contributed by atoms with van der Waals surface area (Å²) >= 11 is 0. The van der Waals surface area contributed by atoms with Crippen LogP contribution in [0, 0.1) is 5.82 Å². The first-order valence-electron chi connectivity index (χ1n) is 16.3. The zero-order chi connectivity index (χ0) is 33.4. The highest BCUT2D eigenvalue weighted by molar-refractivity contribution is 6.41. The molecule has 1 aliphatic heterocycles. The predicted molar refractivity (Wildman–Crippen MR) is 191 cm³/mol. The maximum atomic E-state index is 13.9. The van der Waals surface area contributed by atoms with Crippen LogP contribution in [0.4, 0.5) is 10.1 Å². The number of pyridine rings is 1. The summed E-state index contributed by atoms with van der Waals surface area (Å²) in [4.78, 5) is 22.6. The highest BCUT2D eigenvalue weighted by Crippen LogP contribution is 2.45. The second-order valence-electron chi connectivity index (χ2n) is 12.3. The molecule has 1 atom stereocenters. The van der Waals surface area contributed by atoms with Crippen molar-refractivity contribution < 1.29 is 9.18 Å². The monoisotopic (exact) mass is 641 g/mol. The number of amides is 1. The van der Waals surface area contributed by atoms with Gasteiger partial charge in [-0.3, -0.25) is 9.78 Å². The molecule has 1 N–H and O–H groups in total. The van der Waals surface area contributed by atoms with Crippen molar-refractivity contribution in [2.24, 2.45) is 4.99 Å². The highest BCUT2D eigenvalue weighted by Gasteiger charge is 2.41. The van der Waals surface area contributed by atoms with Crippen molar-refractivity contribution in [1.82, 2.24) is 20.1 Å². The Bertz CT molecular complexity index is 2220. The minimum atomic E-state index is -0.846. The molecule has 0 unspecified atom stereocenters. The fraction of sp³-hybridized carbons (Fsp3) is 0.0952. The Labute approximate surface area is 283 Å². The molecule has 238 valence electrons. The second kappa shape index (κ2) is 12.4. The zero-order valence-electron chi connectivity index (χ0n) is 26.8. The van der Waals surface area contributed by atoms with Crippen LogP contribution < -0.4 is 5.32 Å². The van der Waals surface area contributed by atoms with Crippen molar-refractivity contribution in [3.05, 3.63) is 186 Å². The van der Waals surface area contributed by atoms with Gasteiger partial charge < -0.3 is 5.32 Å². The number of carbonyl (C=O) groups excluding carboxylic acids is 1. The Balaban J connectivity index is 1.32. The first-order valence-corrected chi connectivity index (χ1v) is 16.3. The lowest BCUT2D eigenvalue weighted by Gasteiger charge is -2.37. The second-order valence-corrected chi connectivity index (χ2v) is 12.3. The van der Waals surface area contributed by atoms with E-state index >= 15 is 0 Å². The highest BCUT2D eigenvalue weighted by atomic mass is 19.1. The number of carbonyl (C=O) groups is 1. The third-order valence-electron chi connectivity index (χ3n) is 9.30. The van der Waals surface area contributed by atoms with Gasteiger partial charge in [-0.2, -0.15) is 5.10 Å². The van der Waals surface area contributed by atoms with Gasteiger partial charge in [0.1, 0.15) is 22.8 Å². The molecule has 0 spiro atoms. The molecule has 0 bridgehead atoms. The van der Waals surface area contributed by atoms with Crippen LogP contribution >= 0.6 is 0 Å². The fourth-order valence-corrected chi connectivity index (χ4v) is 6.96. The van der Waals surface area contributed by atoms with Crippen molar-refractivity contribution in [3.8, 4) is 11.3 Å². The Morgan fingerprint density at radius 1 is 0.776 bits per heavy atom. The smallest absolute Gasteiger partial charge is 0.266 e. The first kappa shape index (κ1) is 30.1. The maximum Gasteiger partial charge on any atom is 0.266 e. The summed E-state index contributed by atoms with van der Waals surface area (Å²) in [5.41, 5.74) is 7.72. The van der Waals surface area contributed by atoms with E-state index in [9.17, 15) is 9.18 Å². The molecule has 2 aromatic heterocycles. The maximum absolute atomic E-state index is 13.9. The Hall–Kier alpha value is -6.21. The van der Waals surface area contributed by atoms with E-state index in [1.165, 1.54) is 12.1 Å². The average molecular weight is 642 g/mol. The minimum Gasteiger partial charge on any atom is -0.344 e. The largest absolute Gasteiger partial charge is 0.344 e. The number of hydrogen-bond acceptors (Lipinski definition) is 4. The van der Waals surface area contributed by atoms with Crippen molar-refractivity contribution in [2.75, 3.05) is 0 Å². The molecule has 49 heavy (non-hydrogen) atoms. The SMILES string of the molecule is C[C@@H](NC(=O)C1=Nc2cc3c(-c4ccncc4)nn(C(c4ccccc4)(c4ccccc4)c4ccccc4)c3cc2C1)c1cccc(F)c1. The number of nitrogens with zero attached hydrogens (tertiary/aromatic N) is 4. The van der Waals surface area contributed by atoms with Gasteiger partial charge in [0.2, 0.25) is 0 Å². The molecule has 0 aliphatic carbocycles. The van der Waals surface area contributed by atoms with Crippen LogP contribution in [0.3, 0.4) is 0 Å². The van der Waals surface area contributed by atoms with E-state index in [1.54, 1.807) is 24.5 Å². The molecule has 0 fully saturated rings. The van der Waals surface area contributed by atoms with Crippen molar-refractivity contribution >= 4 is 28.2 Å². The standard InChI is InChI=1S/C42H32FN5O/c1-28(30-12-11-19-35(43)24-30)45-41(49)38-25-31-26-39-36(27-37(31)46-38)40(29-20-22-44-23-21-29)47-48(39)42(32-13-5-2-6-14-32,33-15-7-3-8-16-33)34-17-9-4-10-18-34/h2-24,26-28H,25H2,1H3,(H,45,49)/t28-/m1/s1. The molecule has 0 saturated heterocycles. The number of aliphatic imine (C=N–C) groups is 1. The van der Waals surface area contributed by atoms with E-state index in [2.05, 4.69) is 93.8 Å². The molecule has 8 rings (SSSR count). The number of fused-ring (bicyclic) bond motifs is 2. The summed E-state index contributed by atoms with van der Waals surface area (Å²) < 4.78 is 16.0. The lowest BCUT2D eigenvalue weighted by Crippen LogP contribution is -2.38. The molecule has 5 aromatic carbocycles. The number of hydrogen-bond donors (Lipinski definition) is 1. The van der Waals surface area contributed by atoms with E-state index in [-0.39, 0.29) is 17.8 Å². The van der Waals surface area contributed by atoms with E-state index in [4.69, 9.17) is 10.1 Å². The lowest BCUT2D eigenvalue weighted by molar-refractivity contribution is -0.115. The van der Waals surface area contributed by atoms with Gasteiger partial charge in [0, 0.05) is 29.8 Å². The fourth-order valence-electron chi connectivity index (χ4n) is 6.96. The third-order valence-corrected chi connectivity index (χ3v) is 9.30. The number of rotatable bonds is 8. The van der Waals surface area contributed by atoms with Crippen LogP contribution in [0.2, 0.25) is 0 Å². The van der Waals surface area contributed by atoms with E-state index in [0.717, 1.165) is 50.1 Å². The molecule has 0 saturated carbocycles. The van der Waals surface area contributed by atoms with Gasteiger partial charge in [-0.1, -0.05) is 103 Å². The Kier molecular flexibility index (Phi) is 7.65. The topological polar surface area (TPSA) is 72.2 Å². The summed E-state index contributed by atoms with van der Waals surface area (Å²) in [6, 6.07) is 45.4. The molecule has 7 heteroatoms. The van der Waals surface area contributed by atoms with E-state index in [0.29, 0.717) is 17.7 Å². The minimum absolute atomic E-state index is 0.278. The summed E-state index contributed by atoms with van der Waals surface area (Å²) in [7, 11) is 0. The van der Waals surface area contributed by atoms with Gasteiger partial charge in [0.05, 0.1) is 17.2 Å². The summed E-state index contributed by atoms with van der Waals surface area (Å²) in [6.45, 7) is 1.84. The molecule has 6 nitrogen and oxygen atoms in total. The van der Waals surface area contributed by atoms with Crippen LogP contribution in [-0.4, -0.2) is 26.4 Å². The van der Waals surface area contributed by atoms with E-state index < -0.39 is 5.54 Å². The van der Waals surface area contributed by atoms with Crippen LogP contribution in [-0.2, 0) is 16.8 Å². The molecular formula is C42H32FN5O. The van der Waals surface area contributed by atoms with Gasteiger partial charge in [0.25, 0.3) is 5.91 Å². The van der Waals surface area contributed by atoms with Gasteiger partial charge in [0.15, 0.2) is 0 Å². The predicted octanol–water partition coefficient (Wildman–Crippen LogP) is 8.58. The normalized spacial score (nSPS) is 13.1. The summed E-state index contributed by atoms with van der Waals surface area (Å²) in [6.07, 6.45) is 3.90. The molecule has 1 amide bonds. The van der Waals surface area contributed by atoms with Gasteiger partial charge >= 0.3 is 0 Å². The summed E-state index contributed by atoms with van der Waals surface area (Å²) in [5, 5.41) is 9.39. The molecule has 7 aromatic rings. The Morgan fingerprint density at radius 3 is 1.98 bits per heavy atom. The van der Waals surface area contributed by atoms with Gasteiger partial charge in [-0.15, -0.1) is 0 Å². The quantitative estimate of drug-likeness (QED) is 0.169. The summed E-state index contributed by atoms with van der Waals surface area (Å²) in [5.74, 6) is -0.618. The Morgan fingerprint density at radius 2 is 1.39 bits per heavy atom. The number of nitrogens with one attached hydrogen (secondary N) is 1. The zero-order valence-corrected chi connectivity index (χ0v) is 26.8. The van der Waals surface area contributed by atoms with Crippen molar-refractivity contribution in [2.45, 2.75) is 24.9 Å². The van der Waals surface area contributed by atoms with Gasteiger partial charge in [-0.05, 0) is 71.1 Å². The van der Waals surface area contributed by atoms with Crippen LogP contribution in [0.25, 0.3) is 22.2 Å². The third kappa shape index (κ3) is 5.29. The van der Waals surface area contributed by atoms with Crippen molar-refractivity contribution in [1.29, 1.82) is 0 Å². The van der Waals surface area contributed by atoms with Crippen LogP contribution in [0.1, 0.15) is 40.8 Å². The van der Waals surface area contributed by atoms with Crippen LogP contribution in [0.5, 0.6) is 0 Å². The number of aromatic nitrogens is 3. The van der Waals surface area contributed by atoms with Crippen LogP contribution in [0.15, 0.2) is 157 Å². The molecular weight excluding hydrogens is 609 g/mol. The average Bonchev–Trinajstić information content (AvgIpc) is 3.74. The first-order chi connectivity index (χ1) is 24.0. The number of halogens is 1. The van der Waals surface area contributed by atoms with Crippen molar-refractivity contribution in [3.63, 3.8) is 0 Å². The lowest BCUT2D eigenvalue weighted by atomic mass is 9.77. The molecule has 0 radical (unpaired) electrons. The molecule has 1 aliphatic rings. The van der Waals surface area contributed by atoms with Gasteiger partial charge in [-0.25, -0.2) is 14.1 Å². The number of benzene rings is 5.